The van der Waals surface area contributed by atoms with E-state index in [1.807, 2.05) is 18.3 Å². The van der Waals surface area contributed by atoms with Gasteiger partial charge in [-0.25, -0.2) is 0 Å². The summed E-state index contributed by atoms with van der Waals surface area (Å²) in [7, 11) is 3.38. The zero-order valence-electron chi connectivity index (χ0n) is 17.3. The summed E-state index contributed by atoms with van der Waals surface area (Å²) in [6.07, 6.45) is 7.37. The van der Waals surface area contributed by atoms with E-state index >= 15 is 0 Å². The summed E-state index contributed by atoms with van der Waals surface area (Å²) in [4.78, 5) is 2.30. The second kappa shape index (κ2) is 7.95. The topological polar surface area (TPSA) is 64.8 Å². The lowest BCUT2D eigenvalue weighted by Gasteiger charge is -2.34. The first-order chi connectivity index (χ1) is 14.7. The van der Waals surface area contributed by atoms with Crippen LogP contribution in [0.25, 0.3) is 5.65 Å². The monoisotopic (exact) mass is 427 g/mol. The van der Waals surface area contributed by atoms with Crippen molar-refractivity contribution in [1.29, 1.82) is 0 Å². The molecule has 1 aromatic carbocycles. The van der Waals surface area contributed by atoms with Crippen LogP contribution < -0.4 is 14.4 Å². The predicted octanol–water partition coefficient (Wildman–Crippen LogP) is 4.13. The van der Waals surface area contributed by atoms with Crippen molar-refractivity contribution in [3.8, 4) is 11.5 Å². The molecular formula is C22H26ClN5O2. The molecule has 8 heteroatoms. The van der Waals surface area contributed by atoms with Gasteiger partial charge in [-0.15, -0.1) is 10.2 Å². The molecule has 5 rings (SSSR count). The lowest BCUT2D eigenvalue weighted by atomic mass is 9.88. The highest BCUT2D eigenvalue weighted by Crippen LogP contribution is 2.39. The van der Waals surface area contributed by atoms with E-state index in [2.05, 4.69) is 26.3 Å². The third-order valence-corrected chi connectivity index (χ3v) is 6.67. The minimum Gasteiger partial charge on any atom is -0.497 e. The van der Waals surface area contributed by atoms with Crippen molar-refractivity contribution >= 4 is 22.9 Å². The SMILES string of the molecule is COc1ccc(C2CCN(c3cnn4c(CC5CC5)nnc4c3Cl)CC2)c(OC)c1. The molecule has 2 fully saturated rings. The highest BCUT2D eigenvalue weighted by Gasteiger charge is 2.28. The molecule has 1 saturated heterocycles. The Kier molecular flexibility index (Phi) is 5.15. The number of fused-ring (bicyclic) bond motifs is 1. The first-order valence-corrected chi connectivity index (χ1v) is 10.9. The molecular weight excluding hydrogens is 402 g/mol. The molecule has 0 atom stereocenters. The second-order valence-corrected chi connectivity index (χ2v) is 8.59. The molecule has 2 aromatic heterocycles. The molecule has 0 radical (unpaired) electrons. The number of aromatic nitrogens is 4. The normalized spacial score (nSPS) is 17.5. The Morgan fingerprint density at radius 3 is 2.57 bits per heavy atom. The third-order valence-electron chi connectivity index (χ3n) is 6.31. The first-order valence-electron chi connectivity index (χ1n) is 10.5. The van der Waals surface area contributed by atoms with Crippen LogP contribution in [0.2, 0.25) is 5.02 Å². The molecule has 158 valence electrons. The quantitative estimate of drug-likeness (QED) is 0.589. The number of hydrogen-bond donors (Lipinski definition) is 0. The van der Waals surface area contributed by atoms with Crippen LogP contribution in [0.1, 0.15) is 43.0 Å². The van der Waals surface area contributed by atoms with Crippen molar-refractivity contribution in [1.82, 2.24) is 19.8 Å². The van der Waals surface area contributed by atoms with E-state index in [9.17, 15) is 0 Å². The van der Waals surface area contributed by atoms with E-state index < -0.39 is 0 Å². The Bertz CT molecular complexity index is 1060. The molecule has 1 saturated carbocycles. The summed E-state index contributed by atoms with van der Waals surface area (Å²) in [6, 6.07) is 6.08. The third kappa shape index (κ3) is 3.55. The fourth-order valence-electron chi connectivity index (χ4n) is 4.37. The number of ether oxygens (including phenoxy) is 2. The van der Waals surface area contributed by atoms with Crippen LogP contribution in [-0.2, 0) is 6.42 Å². The molecule has 0 spiro atoms. The Morgan fingerprint density at radius 2 is 1.87 bits per heavy atom. The lowest BCUT2D eigenvalue weighted by molar-refractivity contribution is 0.383. The average molecular weight is 428 g/mol. The van der Waals surface area contributed by atoms with Crippen LogP contribution in [-0.4, -0.2) is 47.1 Å². The van der Waals surface area contributed by atoms with Crippen molar-refractivity contribution in [3.05, 3.63) is 40.8 Å². The number of methoxy groups -OCH3 is 2. The summed E-state index contributed by atoms with van der Waals surface area (Å²) in [5, 5.41) is 13.9. The Balaban J connectivity index is 1.33. The van der Waals surface area contributed by atoms with E-state index in [-0.39, 0.29) is 0 Å². The summed E-state index contributed by atoms with van der Waals surface area (Å²) >= 11 is 6.74. The standard InChI is InChI=1S/C22H26ClN5O2/c1-29-16-5-6-17(19(12-16)30-2)15-7-9-27(10-8-15)18-13-24-28-20(11-14-3-4-14)25-26-22(28)21(18)23/h5-6,12-15H,3-4,7-11H2,1-2H3. The lowest BCUT2D eigenvalue weighted by Crippen LogP contribution is -2.33. The van der Waals surface area contributed by atoms with E-state index in [4.69, 9.17) is 21.1 Å². The largest absolute Gasteiger partial charge is 0.497 e. The van der Waals surface area contributed by atoms with Gasteiger partial charge in [-0.1, -0.05) is 17.7 Å². The van der Waals surface area contributed by atoms with Gasteiger partial charge in [0.05, 0.1) is 26.1 Å². The van der Waals surface area contributed by atoms with Crippen LogP contribution in [0.15, 0.2) is 24.4 Å². The first kappa shape index (κ1) is 19.4. The number of nitrogens with zero attached hydrogens (tertiary/aromatic N) is 5. The Hall–Kier alpha value is -2.54. The zero-order chi connectivity index (χ0) is 20.7. The molecule has 3 heterocycles. The Morgan fingerprint density at radius 1 is 1.07 bits per heavy atom. The van der Waals surface area contributed by atoms with Crippen LogP contribution in [0.4, 0.5) is 5.69 Å². The van der Waals surface area contributed by atoms with Crippen LogP contribution >= 0.6 is 11.6 Å². The molecule has 0 N–H and O–H groups in total. The van der Waals surface area contributed by atoms with Crippen molar-refractivity contribution in [2.45, 2.75) is 38.0 Å². The molecule has 1 aliphatic carbocycles. The number of piperidine rings is 1. The number of benzene rings is 1. The molecule has 1 aliphatic heterocycles. The molecule has 0 bridgehead atoms. The number of halogens is 1. The maximum Gasteiger partial charge on any atom is 0.198 e. The van der Waals surface area contributed by atoms with Crippen molar-refractivity contribution in [2.24, 2.45) is 5.92 Å². The van der Waals surface area contributed by atoms with Crippen molar-refractivity contribution in [3.63, 3.8) is 0 Å². The van der Waals surface area contributed by atoms with Gasteiger partial charge in [-0.05, 0) is 49.1 Å². The summed E-state index contributed by atoms with van der Waals surface area (Å²) in [5.41, 5.74) is 2.83. The van der Waals surface area contributed by atoms with Crippen LogP contribution in [0.5, 0.6) is 11.5 Å². The van der Waals surface area contributed by atoms with Gasteiger partial charge in [0.2, 0.25) is 0 Å². The summed E-state index contributed by atoms with van der Waals surface area (Å²) < 4.78 is 12.7. The number of hydrogen-bond acceptors (Lipinski definition) is 6. The molecule has 3 aromatic rings. The van der Waals surface area contributed by atoms with E-state index in [0.29, 0.717) is 16.6 Å². The minimum absolute atomic E-state index is 0.441. The highest BCUT2D eigenvalue weighted by molar-refractivity contribution is 6.36. The zero-order valence-corrected chi connectivity index (χ0v) is 18.1. The molecule has 7 nitrogen and oxygen atoms in total. The fourth-order valence-corrected chi connectivity index (χ4v) is 4.66. The summed E-state index contributed by atoms with van der Waals surface area (Å²) in [5.74, 6) is 3.78. The number of anilines is 1. The van der Waals surface area contributed by atoms with Gasteiger partial charge in [0.25, 0.3) is 0 Å². The maximum absolute atomic E-state index is 6.74. The van der Waals surface area contributed by atoms with Gasteiger partial charge in [0.15, 0.2) is 11.5 Å². The van der Waals surface area contributed by atoms with E-state index in [1.54, 1.807) is 18.7 Å². The van der Waals surface area contributed by atoms with Gasteiger partial charge < -0.3 is 14.4 Å². The fraction of sp³-hybridized carbons (Fsp3) is 0.500. The van der Waals surface area contributed by atoms with Gasteiger partial charge in [-0.2, -0.15) is 9.61 Å². The van der Waals surface area contributed by atoms with E-state index in [0.717, 1.165) is 61.3 Å². The van der Waals surface area contributed by atoms with Crippen LogP contribution in [0, 0.1) is 5.92 Å². The minimum atomic E-state index is 0.441. The molecule has 30 heavy (non-hydrogen) atoms. The second-order valence-electron chi connectivity index (χ2n) is 8.21. The maximum atomic E-state index is 6.74. The van der Waals surface area contributed by atoms with Gasteiger partial charge >= 0.3 is 0 Å². The molecule has 2 aliphatic rings. The van der Waals surface area contributed by atoms with Gasteiger partial charge in [-0.3, -0.25) is 0 Å². The van der Waals surface area contributed by atoms with Gasteiger partial charge in [0, 0.05) is 25.6 Å². The average Bonchev–Trinajstić information content (AvgIpc) is 3.52. The van der Waals surface area contributed by atoms with Gasteiger partial charge in [0.1, 0.15) is 16.5 Å². The van der Waals surface area contributed by atoms with Crippen molar-refractivity contribution < 1.29 is 9.47 Å². The van der Waals surface area contributed by atoms with Crippen LogP contribution in [0.3, 0.4) is 0 Å². The molecule has 0 unspecified atom stereocenters. The smallest absolute Gasteiger partial charge is 0.198 e. The highest BCUT2D eigenvalue weighted by atomic mass is 35.5. The predicted molar refractivity (Wildman–Crippen MR) is 116 cm³/mol. The van der Waals surface area contributed by atoms with Crippen molar-refractivity contribution in [2.75, 3.05) is 32.2 Å². The van der Waals surface area contributed by atoms with E-state index in [1.165, 1.54) is 18.4 Å². The molecule has 0 amide bonds. The number of rotatable bonds is 6. The Labute approximate surface area is 180 Å². The summed E-state index contributed by atoms with van der Waals surface area (Å²) in [6.45, 7) is 1.81.